The fraction of sp³-hybridized carbons (Fsp3) is 0.500. The molecule has 0 atom stereocenters. The minimum Gasteiger partial charge on any atom is -0.511 e. The molecule has 0 radical (unpaired) electrons. The van der Waals surface area contributed by atoms with Crippen LogP contribution in [-0.4, -0.2) is 27.2 Å². The van der Waals surface area contributed by atoms with E-state index in [0.717, 1.165) is 0 Å². The maximum absolute atomic E-state index is 11.9. The van der Waals surface area contributed by atoms with Gasteiger partial charge in [0.1, 0.15) is 5.76 Å². The normalized spacial score (nSPS) is 21.2. The number of carbonyl (C=O) groups is 1. The molecule has 3 nitrogen and oxygen atoms in total. The van der Waals surface area contributed by atoms with E-state index in [9.17, 15) is 9.90 Å². The van der Waals surface area contributed by atoms with E-state index in [4.69, 9.17) is 0 Å². The number of aliphatic hydroxyl groups excluding tert-OH is 1. The van der Waals surface area contributed by atoms with E-state index < -0.39 is 0 Å². The van der Waals surface area contributed by atoms with Gasteiger partial charge in [-0.25, -0.2) is 0 Å². The lowest BCUT2D eigenvalue weighted by atomic mass is 10.0. The minimum absolute atomic E-state index is 0.0981. The first kappa shape index (κ1) is 13.0. The smallest absolute Gasteiger partial charge is 0.225 e. The number of thioether (sulfide) groups is 1. The molecule has 4 heteroatoms. The topological polar surface area (TPSA) is 49.7 Å². The molecule has 16 heavy (non-hydrogen) atoms. The van der Waals surface area contributed by atoms with Crippen molar-refractivity contribution in [3.8, 4) is 0 Å². The Hall–Kier alpha value is -1.03. The summed E-state index contributed by atoms with van der Waals surface area (Å²) in [6.07, 6.45) is 2.16. The summed E-state index contributed by atoms with van der Waals surface area (Å²) < 4.78 is -0.233. The standard InChI is InChI=1S/C12H17NO2S/c1-5-6-13-8(2)10-9(14)7-12(3,4)16-11(10)15/h5,14H,1,6-7H2,2-4H3. The second-order valence-corrected chi connectivity index (χ2v) is 6.04. The van der Waals surface area contributed by atoms with E-state index in [1.54, 1.807) is 13.0 Å². The molecule has 0 spiro atoms. The first-order valence-corrected chi connectivity index (χ1v) is 5.97. The second kappa shape index (κ2) is 4.87. The Bertz CT molecular complexity index is 380. The molecule has 1 N–H and O–H groups in total. The molecule has 1 aliphatic rings. The van der Waals surface area contributed by atoms with Crippen LogP contribution in [-0.2, 0) is 4.79 Å². The van der Waals surface area contributed by atoms with Crippen LogP contribution in [0.15, 0.2) is 29.0 Å². The van der Waals surface area contributed by atoms with Crippen molar-refractivity contribution in [2.24, 2.45) is 4.99 Å². The maximum Gasteiger partial charge on any atom is 0.225 e. The van der Waals surface area contributed by atoms with Crippen molar-refractivity contribution in [2.45, 2.75) is 31.9 Å². The van der Waals surface area contributed by atoms with Gasteiger partial charge < -0.3 is 5.11 Å². The van der Waals surface area contributed by atoms with Crippen LogP contribution in [0.25, 0.3) is 0 Å². The number of carbonyl (C=O) groups excluding carboxylic acids is 1. The summed E-state index contributed by atoms with van der Waals surface area (Å²) in [6.45, 7) is 9.65. The summed E-state index contributed by atoms with van der Waals surface area (Å²) in [5, 5.41) is 9.79. The highest BCUT2D eigenvalue weighted by atomic mass is 32.2. The molecule has 0 saturated carbocycles. The molecule has 0 aromatic heterocycles. The van der Waals surface area contributed by atoms with Gasteiger partial charge in [0.25, 0.3) is 0 Å². The summed E-state index contributed by atoms with van der Waals surface area (Å²) >= 11 is 1.25. The predicted molar refractivity (Wildman–Crippen MR) is 69.1 cm³/mol. The third-order valence-corrected chi connectivity index (χ3v) is 3.36. The van der Waals surface area contributed by atoms with E-state index in [1.807, 2.05) is 13.8 Å². The van der Waals surface area contributed by atoms with E-state index in [1.165, 1.54) is 11.8 Å². The molecule has 0 saturated heterocycles. The van der Waals surface area contributed by atoms with Crippen LogP contribution < -0.4 is 0 Å². The van der Waals surface area contributed by atoms with E-state index in [-0.39, 0.29) is 15.6 Å². The van der Waals surface area contributed by atoms with Crippen LogP contribution >= 0.6 is 11.8 Å². The molecule has 0 fully saturated rings. The third kappa shape index (κ3) is 2.98. The molecule has 0 aromatic carbocycles. The highest BCUT2D eigenvalue weighted by Crippen LogP contribution is 2.39. The molecule has 1 aliphatic heterocycles. The minimum atomic E-state index is -0.233. The summed E-state index contributed by atoms with van der Waals surface area (Å²) in [7, 11) is 0. The Kier molecular flexibility index (Phi) is 3.97. The van der Waals surface area contributed by atoms with E-state index in [2.05, 4.69) is 11.6 Å². The van der Waals surface area contributed by atoms with Crippen molar-refractivity contribution in [3.63, 3.8) is 0 Å². The van der Waals surface area contributed by atoms with Crippen LogP contribution in [0.1, 0.15) is 27.2 Å². The molecule has 88 valence electrons. The molecular weight excluding hydrogens is 222 g/mol. The lowest BCUT2D eigenvalue weighted by Gasteiger charge is -2.28. The van der Waals surface area contributed by atoms with E-state index >= 15 is 0 Å². The predicted octanol–water partition coefficient (Wildman–Crippen LogP) is 2.89. The summed E-state index contributed by atoms with van der Waals surface area (Å²) in [6, 6.07) is 0. The zero-order chi connectivity index (χ0) is 12.3. The number of nitrogens with zero attached hydrogens (tertiary/aromatic N) is 1. The Balaban J connectivity index is 3.03. The molecule has 0 aliphatic carbocycles. The molecule has 0 unspecified atom stereocenters. The van der Waals surface area contributed by atoms with Crippen LogP contribution in [0.3, 0.4) is 0 Å². The van der Waals surface area contributed by atoms with Gasteiger partial charge in [0.15, 0.2) is 0 Å². The number of aliphatic hydroxyl groups is 1. The first-order chi connectivity index (χ1) is 7.37. The molecule has 1 heterocycles. The van der Waals surface area contributed by atoms with Gasteiger partial charge in [-0.2, -0.15) is 0 Å². The lowest BCUT2D eigenvalue weighted by molar-refractivity contribution is -0.107. The molecule has 0 aromatic rings. The van der Waals surface area contributed by atoms with Crippen LogP contribution in [0.4, 0.5) is 0 Å². The van der Waals surface area contributed by atoms with Crippen molar-refractivity contribution in [3.05, 3.63) is 24.0 Å². The Labute approximate surface area is 100 Å². The van der Waals surface area contributed by atoms with Crippen molar-refractivity contribution < 1.29 is 9.90 Å². The monoisotopic (exact) mass is 239 g/mol. The largest absolute Gasteiger partial charge is 0.511 e. The second-order valence-electron chi connectivity index (χ2n) is 4.36. The molecule has 1 rings (SSSR count). The van der Waals surface area contributed by atoms with Crippen LogP contribution in [0.5, 0.6) is 0 Å². The maximum atomic E-state index is 11.9. The van der Waals surface area contributed by atoms with Gasteiger partial charge in [0.05, 0.1) is 12.1 Å². The van der Waals surface area contributed by atoms with Crippen LogP contribution in [0, 0.1) is 0 Å². The number of allylic oxidation sites excluding steroid dienone is 1. The van der Waals surface area contributed by atoms with Gasteiger partial charge >= 0.3 is 0 Å². The third-order valence-electron chi connectivity index (χ3n) is 2.27. The Morgan fingerprint density at radius 3 is 2.81 bits per heavy atom. The SMILES string of the molecule is C=CCN=C(C)C1=C(O)CC(C)(C)SC1=O. The van der Waals surface area contributed by atoms with Gasteiger partial charge in [-0.05, 0) is 20.8 Å². The average Bonchev–Trinajstić information content (AvgIpc) is 2.11. The fourth-order valence-electron chi connectivity index (χ4n) is 1.58. The fourth-order valence-corrected chi connectivity index (χ4v) is 2.66. The van der Waals surface area contributed by atoms with Gasteiger partial charge in [-0.1, -0.05) is 17.8 Å². The Morgan fingerprint density at radius 2 is 2.31 bits per heavy atom. The van der Waals surface area contributed by atoms with Crippen molar-refractivity contribution in [1.82, 2.24) is 0 Å². The molecule has 0 bridgehead atoms. The highest BCUT2D eigenvalue weighted by molar-refractivity contribution is 8.15. The number of hydrogen-bond acceptors (Lipinski definition) is 4. The average molecular weight is 239 g/mol. The zero-order valence-electron chi connectivity index (χ0n) is 9.91. The number of rotatable bonds is 3. The number of aliphatic imine (C=N–C) groups is 1. The molecular formula is C12H17NO2S. The van der Waals surface area contributed by atoms with Gasteiger partial charge in [-0.3, -0.25) is 9.79 Å². The summed E-state index contributed by atoms with van der Waals surface area (Å²) in [5.41, 5.74) is 0.955. The van der Waals surface area contributed by atoms with Gasteiger partial charge in [0, 0.05) is 16.9 Å². The zero-order valence-corrected chi connectivity index (χ0v) is 10.7. The number of hydrogen-bond donors (Lipinski definition) is 1. The first-order valence-electron chi connectivity index (χ1n) is 5.15. The molecule has 0 amide bonds. The van der Waals surface area contributed by atoms with Gasteiger partial charge in [0.2, 0.25) is 5.12 Å². The van der Waals surface area contributed by atoms with Gasteiger partial charge in [-0.15, -0.1) is 6.58 Å². The highest BCUT2D eigenvalue weighted by Gasteiger charge is 2.34. The van der Waals surface area contributed by atoms with Crippen molar-refractivity contribution in [2.75, 3.05) is 6.54 Å². The van der Waals surface area contributed by atoms with Crippen LogP contribution in [0.2, 0.25) is 0 Å². The van der Waals surface area contributed by atoms with E-state index in [0.29, 0.717) is 24.3 Å². The van der Waals surface area contributed by atoms with Crippen molar-refractivity contribution >= 4 is 22.6 Å². The lowest BCUT2D eigenvalue weighted by Crippen LogP contribution is -2.27. The quantitative estimate of drug-likeness (QED) is 0.608. The Morgan fingerprint density at radius 1 is 1.69 bits per heavy atom. The van der Waals surface area contributed by atoms with Crippen molar-refractivity contribution in [1.29, 1.82) is 0 Å². The summed E-state index contributed by atoms with van der Waals surface area (Å²) in [5.74, 6) is 0.152. The summed E-state index contributed by atoms with van der Waals surface area (Å²) in [4.78, 5) is 16.0.